The van der Waals surface area contributed by atoms with Gasteiger partial charge in [0.15, 0.2) is 0 Å². The van der Waals surface area contributed by atoms with Gasteiger partial charge in [-0.05, 0) is 44.4 Å². The summed E-state index contributed by atoms with van der Waals surface area (Å²) in [5.41, 5.74) is 4.49. The number of nitrogens with zero attached hydrogens (tertiary/aromatic N) is 4. The average molecular weight is 460 g/mol. The van der Waals surface area contributed by atoms with Gasteiger partial charge in [-0.25, -0.2) is 0 Å². The highest BCUT2D eigenvalue weighted by atomic mass is 16.5. The summed E-state index contributed by atoms with van der Waals surface area (Å²) in [5.74, 6) is 2.38. The number of nitrogens with one attached hydrogen (secondary N) is 3. The van der Waals surface area contributed by atoms with Gasteiger partial charge in [-0.2, -0.15) is 15.2 Å². The summed E-state index contributed by atoms with van der Waals surface area (Å²) in [4.78, 5) is 12.4. The van der Waals surface area contributed by atoms with E-state index in [1.54, 1.807) is 13.3 Å². The van der Waals surface area contributed by atoms with Gasteiger partial charge in [-0.3, -0.25) is 0 Å². The minimum atomic E-state index is 0.213. The topological polar surface area (TPSA) is 134 Å². The Kier molecular flexibility index (Phi) is 5.77. The second kappa shape index (κ2) is 9.03. The van der Waals surface area contributed by atoms with Crippen LogP contribution in [0.25, 0.3) is 22.2 Å². The van der Waals surface area contributed by atoms with Crippen molar-refractivity contribution in [3.05, 3.63) is 41.4 Å². The van der Waals surface area contributed by atoms with Crippen molar-refractivity contribution in [1.29, 1.82) is 5.26 Å². The third-order valence-electron chi connectivity index (χ3n) is 5.98. The van der Waals surface area contributed by atoms with Crippen LogP contribution in [0.5, 0.6) is 5.75 Å². The minimum Gasteiger partial charge on any atom is -0.495 e. The van der Waals surface area contributed by atoms with Crippen molar-refractivity contribution in [3.63, 3.8) is 0 Å². The van der Waals surface area contributed by atoms with Gasteiger partial charge in [0.25, 0.3) is 0 Å². The maximum atomic E-state index is 9.55. The number of anilines is 3. The van der Waals surface area contributed by atoms with Crippen LogP contribution in [-0.2, 0) is 4.74 Å². The number of rotatable bonds is 6. The number of methoxy groups -OCH3 is 1. The van der Waals surface area contributed by atoms with E-state index in [9.17, 15) is 5.26 Å². The van der Waals surface area contributed by atoms with E-state index in [4.69, 9.17) is 19.0 Å². The minimum absolute atomic E-state index is 0.213. The molecule has 1 aliphatic rings. The number of fused-ring (bicyclic) bond motifs is 1. The van der Waals surface area contributed by atoms with Crippen LogP contribution in [-0.4, -0.2) is 46.5 Å². The van der Waals surface area contributed by atoms with Crippen LogP contribution in [0.4, 0.5) is 17.5 Å². The zero-order valence-electron chi connectivity index (χ0n) is 19.2. The quantitative estimate of drug-likeness (QED) is 0.382. The smallest absolute Gasteiger partial charge is 0.231 e. The average Bonchev–Trinajstić information content (AvgIpc) is 3.42. The summed E-state index contributed by atoms with van der Waals surface area (Å²) in [6.07, 6.45) is 3.40. The van der Waals surface area contributed by atoms with Gasteiger partial charge in [0.2, 0.25) is 5.95 Å². The van der Waals surface area contributed by atoms with Crippen LogP contribution in [0, 0.1) is 25.2 Å². The summed E-state index contributed by atoms with van der Waals surface area (Å²) < 4.78 is 16.4. The van der Waals surface area contributed by atoms with Crippen molar-refractivity contribution in [1.82, 2.24) is 20.1 Å². The van der Waals surface area contributed by atoms with Crippen molar-refractivity contribution in [2.75, 3.05) is 31.0 Å². The number of aryl methyl sites for hydroxylation is 2. The van der Waals surface area contributed by atoms with Crippen LogP contribution < -0.4 is 15.4 Å². The Morgan fingerprint density at radius 1 is 1.21 bits per heavy atom. The maximum Gasteiger partial charge on any atom is 0.231 e. The first-order chi connectivity index (χ1) is 16.6. The molecule has 1 fully saturated rings. The van der Waals surface area contributed by atoms with Gasteiger partial charge in [0.05, 0.1) is 29.4 Å². The SMILES string of the molecule is COc1cc(-c2c(C)noc2C)ccc1Nc1nc(NC2CCOCC2)c2c(C#N)c[nH]c2n1. The number of hydrogen-bond acceptors (Lipinski definition) is 9. The third kappa shape index (κ3) is 4.02. The Morgan fingerprint density at radius 2 is 2.03 bits per heavy atom. The molecule has 1 aromatic carbocycles. The van der Waals surface area contributed by atoms with Crippen molar-refractivity contribution in [2.24, 2.45) is 0 Å². The molecule has 0 unspecified atom stereocenters. The van der Waals surface area contributed by atoms with E-state index in [0.717, 1.165) is 35.4 Å². The van der Waals surface area contributed by atoms with Gasteiger partial charge < -0.3 is 29.6 Å². The number of ether oxygens (including phenoxy) is 2. The van der Waals surface area contributed by atoms with Crippen molar-refractivity contribution in [3.8, 4) is 22.9 Å². The lowest BCUT2D eigenvalue weighted by Crippen LogP contribution is -2.28. The molecule has 0 bridgehead atoms. The van der Waals surface area contributed by atoms with Crippen molar-refractivity contribution in [2.45, 2.75) is 32.7 Å². The lowest BCUT2D eigenvalue weighted by Gasteiger charge is -2.24. The highest BCUT2D eigenvalue weighted by molar-refractivity contribution is 5.94. The molecule has 34 heavy (non-hydrogen) atoms. The van der Waals surface area contributed by atoms with E-state index >= 15 is 0 Å². The van der Waals surface area contributed by atoms with E-state index in [0.29, 0.717) is 53.0 Å². The molecule has 0 radical (unpaired) electrons. The van der Waals surface area contributed by atoms with E-state index in [2.05, 4.69) is 31.8 Å². The lowest BCUT2D eigenvalue weighted by atomic mass is 10.0. The predicted octanol–water partition coefficient (Wildman–Crippen LogP) is 4.44. The second-order valence-corrected chi connectivity index (χ2v) is 8.20. The first-order valence-electron chi connectivity index (χ1n) is 11.1. The Labute approximate surface area is 196 Å². The largest absolute Gasteiger partial charge is 0.495 e. The van der Waals surface area contributed by atoms with Crippen LogP contribution in [0.3, 0.4) is 0 Å². The molecule has 1 saturated heterocycles. The van der Waals surface area contributed by atoms with E-state index in [1.165, 1.54) is 0 Å². The summed E-state index contributed by atoms with van der Waals surface area (Å²) in [6, 6.07) is 8.24. The summed E-state index contributed by atoms with van der Waals surface area (Å²) in [7, 11) is 1.62. The fraction of sp³-hybridized carbons (Fsp3) is 0.333. The number of aromatic nitrogens is 4. The van der Waals surface area contributed by atoms with Crippen LogP contribution in [0.1, 0.15) is 29.9 Å². The number of aromatic amines is 1. The monoisotopic (exact) mass is 459 g/mol. The van der Waals surface area contributed by atoms with Crippen molar-refractivity contribution < 1.29 is 14.0 Å². The fourth-order valence-corrected chi connectivity index (χ4v) is 4.28. The zero-order valence-corrected chi connectivity index (χ0v) is 19.2. The van der Waals surface area contributed by atoms with Crippen LogP contribution >= 0.6 is 0 Å². The summed E-state index contributed by atoms with van der Waals surface area (Å²) in [6.45, 7) is 5.19. The molecule has 1 aliphatic heterocycles. The molecule has 4 aromatic rings. The highest BCUT2D eigenvalue weighted by Gasteiger charge is 2.20. The lowest BCUT2D eigenvalue weighted by molar-refractivity contribution is 0.0904. The Balaban J connectivity index is 1.50. The van der Waals surface area contributed by atoms with Crippen LogP contribution in [0.2, 0.25) is 0 Å². The van der Waals surface area contributed by atoms with Gasteiger partial charge >= 0.3 is 0 Å². The summed E-state index contributed by atoms with van der Waals surface area (Å²) >= 11 is 0. The number of benzene rings is 1. The standard InChI is InChI=1S/C24H25N7O3/c1-13-20(14(2)34-31-13)15-4-5-18(19(10-15)32-3)28-24-29-22-21(16(11-25)12-26-22)23(30-24)27-17-6-8-33-9-7-17/h4-5,10,12,17H,6-9H2,1-3H3,(H3,26,27,28,29,30). The van der Waals surface area contributed by atoms with Gasteiger partial charge in [-0.1, -0.05) is 11.2 Å². The highest BCUT2D eigenvalue weighted by Crippen LogP contribution is 2.35. The first-order valence-corrected chi connectivity index (χ1v) is 11.1. The van der Waals surface area contributed by atoms with E-state index in [-0.39, 0.29) is 6.04 Å². The van der Waals surface area contributed by atoms with E-state index < -0.39 is 0 Å². The number of nitriles is 1. The molecule has 10 nitrogen and oxygen atoms in total. The Hall–Kier alpha value is -4.10. The third-order valence-corrected chi connectivity index (χ3v) is 5.98. The number of hydrogen-bond donors (Lipinski definition) is 3. The van der Waals surface area contributed by atoms with E-state index in [1.807, 2.05) is 32.0 Å². The Morgan fingerprint density at radius 3 is 2.74 bits per heavy atom. The molecule has 0 spiro atoms. The zero-order chi connectivity index (χ0) is 23.7. The molecule has 174 valence electrons. The molecule has 10 heteroatoms. The Bertz CT molecular complexity index is 1360. The molecule has 3 N–H and O–H groups in total. The number of H-pyrrole nitrogens is 1. The van der Waals surface area contributed by atoms with Gasteiger partial charge in [0, 0.05) is 31.0 Å². The second-order valence-electron chi connectivity index (χ2n) is 8.20. The maximum absolute atomic E-state index is 9.55. The van der Waals surface area contributed by atoms with Crippen molar-refractivity contribution >= 4 is 28.5 Å². The van der Waals surface area contributed by atoms with Gasteiger partial charge in [0.1, 0.15) is 29.0 Å². The molecule has 4 heterocycles. The molecule has 3 aromatic heterocycles. The molecule has 0 aliphatic carbocycles. The predicted molar refractivity (Wildman–Crippen MR) is 127 cm³/mol. The normalized spacial score (nSPS) is 14.2. The van der Waals surface area contributed by atoms with Crippen LogP contribution in [0.15, 0.2) is 28.9 Å². The molecular formula is C24H25N7O3. The first kappa shape index (κ1) is 21.7. The fourth-order valence-electron chi connectivity index (χ4n) is 4.28. The molecule has 0 amide bonds. The molecule has 0 atom stereocenters. The summed E-state index contributed by atoms with van der Waals surface area (Å²) in [5, 5.41) is 21.0. The molecular weight excluding hydrogens is 434 g/mol. The molecule has 0 saturated carbocycles. The van der Waals surface area contributed by atoms with Gasteiger partial charge in [-0.15, -0.1) is 0 Å². The molecule has 5 rings (SSSR count).